The first kappa shape index (κ1) is 20.2. The average molecular weight is 361 g/mol. The topological polar surface area (TPSA) is 66.0 Å². The molecule has 1 aliphatic heterocycles. The van der Waals surface area contributed by atoms with Crippen molar-refractivity contribution in [1.82, 2.24) is 15.5 Å². The molecule has 6 nitrogen and oxygen atoms in total. The number of nitrogens with one attached hydrogen (secondary N) is 2. The Balaban J connectivity index is 1.66. The lowest BCUT2D eigenvalue weighted by Gasteiger charge is -2.32. The quantitative estimate of drug-likeness (QED) is 0.420. The Morgan fingerprint density at radius 2 is 1.96 bits per heavy atom. The average Bonchev–Trinajstić information content (AvgIpc) is 2.68. The van der Waals surface area contributed by atoms with Gasteiger partial charge < -0.3 is 20.3 Å². The van der Waals surface area contributed by atoms with Crippen molar-refractivity contribution in [3.8, 4) is 0 Å². The van der Waals surface area contributed by atoms with Gasteiger partial charge in [-0.1, -0.05) is 30.3 Å². The van der Waals surface area contributed by atoms with E-state index in [0.717, 1.165) is 32.4 Å². The smallest absolute Gasteiger partial charge is 0.241 e. The molecule has 2 N–H and O–H groups in total. The molecule has 0 atom stereocenters. The van der Waals surface area contributed by atoms with Crippen molar-refractivity contribution < 1.29 is 9.53 Å². The number of guanidine groups is 1. The number of benzene rings is 1. The summed E-state index contributed by atoms with van der Waals surface area (Å²) in [5.74, 6) is 1.44. The van der Waals surface area contributed by atoms with Gasteiger partial charge in [0.2, 0.25) is 5.91 Å². The molecule has 1 amide bonds. The third kappa shape index (κ3) is 7.04. The summed E-state index contributed by atoms with van der Waals surface area (Å²) >= 11 is 0. The monoisotopic (exact) mass is 360 g/mol. The van der Waals surface area contributed by atoms with Crippen molar-refractivity contribution in [3.63, 3.8) is 0 Å². The van der Waals surface area contributed by atoms with E-state index in [0.29, 0.717) is 31.6 Å². The van der Waals surface area contributed by atoms with E-state index in [4.69, 9.17) is 4.74 Å². The number of nitrogens with zero attached hydrogens (tertiary/aromatic N) is 2. The van der Waals surface area contributed by atoms with Crippen LogP contribution in [-0.4, -0.2) is 63.2 Å². The molecule has 0 bridgehead atoms. The maximum absolute atomic E-state index is 12.4. The van der Waals surface area contributed by atoms with Gasteiger partial charge in [0.15, 0.2) is 5.96 Å². The van der Waals surface area contributed by atoms with Gasteiger partial charge in [-0.25, -0.2) is 0 Å². The number of ether oxygens (including phenoxy) is 1. The Hall–Kier alpha value is -2.08. The second kappa shape index (κ2) is 11.5. The Bertz CT molecular complexity index is 554. The standard InChI is InChI=1S/C20H32N4O2/c1-3-26-14-11-22-20(21-2)23-16-19(25)24-12-9-18(10-13-24)15-17-7-5-4-6-8-17/h4-8,18H,3,9-16H2,1-2H3,(H2,21,22,23). The van der Waals surface area contributed by atoms with Crippen LogP contribution in [0.2, 0.25) is 0 Å². The van der Waals surface area contributed by atoms with Crippen LogP contribution in [0.3, 0.4) is 0 Å². The lowest BCUT2D eigenvalue weighted by molar-refractivity contribution is -0.131. The summed E-state index contributed by atoms with van der Waals surface area (Å²) < 4.78 is 5.28. The molecule has 0 saturated carbocycles. The molecule has 6 heteroatoms. The summed E-state index contributed by atoms with van der Waals surface area (Å²) in [4.78, 5) is 18.5. The van der Waals surface area contributed by atoms with E-state index < -0.39 is 0 Å². The van der Waals surface area contributed by atoms with Crippen LogP contribution in [0.4, 0.5) is 0 Å². The minimum atomic E-state index is 0.135. The highest BCUT2D eigenvalue weighted by atomic mass is 16.5. The lowest BCUT2D eigenvalue weighted by atomic mass is 9.90. The van der Waals surface area contributed by atoms with Crippen LogP contribution in [0.15, 0.2) is 35.3 Å². The lowest BCUT2D eigenvalue weighted by Crippen LogP contribution is -2.47. The summed E-state index contributed by atoms with van der Waals surface area (Å²) in [7, 11) is 1.70. The molecule has 26 heavy (non-hydrogen) atoms. The van der Waals surface area contributed by atoms with Crippen molar-refractivity contribution in [2.75, 3.05) is 46.4 Å². The van der Waals surface area contributed by atoms with Gasteiger partial charge in [0, 0.05) is 33.3 Å². The summed E-state index contributed by atoms with van der Waals surface area (Å²) in [5, 5.41) is 6.23. The molecule has 144 valence electrons. The van der Waals surface area contributed by atoms with Gasteiger partial charge in [-0.05, 0) is 37.7 Å². The molecule has 0 radical (unpaired) electrons. The molecule has 1 aromatic carbocycles. The molecule has 1 aliphatic rings. The Labute approximate surface area is 157 Å². The predicted octanol–water partition coefficient (Wildman–Crippen LogP) is 1.67. The van der Waals surface area contributed by atoms with Crippen molar-refractivity contribution in [2.24, 2.45) is 10.9 Å². The fourth-order valence-corrected chi connectivity index (χ4v) is 3.21. The third-order valence-electron chi connectivity index (χ3n) is 4.71. The molecule has 0 aliphatic carbocycles. The van der Waals surface area contributed by atoms with E-state index in [-0.39, 0.29) is 12.5 Å². The SMILES string of the molecule is CCOCCNC(=NC)NCC(=O)N1CCC(Cc2ccccc2)CC1. The Morgan fingerprint density at radius 3 is 2.62 bits per heavy atom. The molecule has 1 heterocycles. The molecular formula is C20H32N4O2. The zero-order chi connectivity index (χ0) is 18.6. The van der Waals surface area contributed by atoms with Gasteiger partial charge in [0.25, 0.3) is 0 Å². The number of hydrogen-bond acceptors (Lipinski definition) is 3. The van der Waals surface area contributed by atoms with Crippen molar-refractivity contribution >= 4 is 11.9 Å². The van der Waals surface area contributed by atoms with E-state index in [1.54, 1.807) is 7.05 Å². The van der Waals surface area contributed by atoms with E-state index in [1.165, 1.54) is 5.56 Å². The molecule has 0 aromatic heterocycles. The number of carbonyl (C=O) groups excluding carboxylic acids is 1. The Morgan fingerprint density at radius 1 is 1.23 bits per heavy atom. The molecule has 0 unspecified atom stereocenters. The summed E-state index contributed by atoms with van der Waals surface area (Å²) in [6.45, 7) is 5.92. The van der Waals surface area contributed by atoms with Gasteiger partial charge in [-0.2, -0.15) is 0 Å². The van der Waals surface area contributed by atoms with Crippen LogP contribution in [0, 0.1) is 5.92 Å². The van der Waals surface area contributed by atoms with E-state index in [1.807, 2.05) is 11.8 Å². The van der Waals surface area contributed by atoms with E-state index in [2.05, 4.69) is 46.0 Å². The summed E-state index contributed by atoms with van der Waals surface area (Å²) in [6, 6.07) is 10.6. The summed E-state index contributed by atoms with van der Waals surface area (Å²) in [5.41, 5.74) is 1.39. The molecule has 1 aromatic rings. The first-order valence-corrected chi connectivity index (χ1v) is 9.57. The molecule has 2 rings (SSSR count). The number of rotatable bonds is 8. The van der Waals surface area contributed by atoms with Crippen LogP contribution >= 0.6 is 0 Å². The van der Waals surface area contributed by atoms with Crippen LogP contribution in [0.25, 0.3) is 0 Å². The van der Waals surface area contributed by atoms with Crippen LogP contribution < -0.4 is 10.6 Å². The fourth-order valence-electron chi connectivity index (χ4n) is 3.21. The highest BCUT2D eigenvalue weighted by Crippen LogP contribution is 2.21. The maximum atomic E-state index is 12.4. The van der Waals surface area contributed by atoms with Gasteiger partial charge in [0.1, 0.15) is 0 Å². The molecule has 1 saturated heterocycles. The van der Waals surface area contributed by atoms with Crippen molar-refractivity contribution in [3.05, 3.63) is 35.9 Å². The first-order chi connectivity index (χ1) is 12.7. The number of amides is 1. The maximum Gasteiger partial charge on any atom is 0.241 e. The normalized spacial score (nSPS) is 15.8. The van der Waals surface area contributed by atoms with E-state index >= 15 is 0 Å². The third-order valence-corrected chi connectivity index (χ3v) is 4.71. The second-order valence-electron chi connectivity index (χ2n) is 6.56. The number of likely N-dealkylation sites (tertiary alicyclic amines) is 1. The number of hydrogen-bond donors (Lipinski definition) is 2. The number of piperidine rings is 1. The van der Waals surface area contributed by atoms with Crippen molar-refractivity contribution in [2.45, 2.75) is 26.2 Å². The van der Waals surface area contributed by atoms with Gasteiger partial charge in [-0.15, -0.1) is 0 Å². The minimum absolute atomic E-state index is 0.135. The highest BCUT2D eigenvalue weighted by molar-refractivity contribution is 5.86. The van der Waals surface area contributed by atoms with Crippen LogP contribution in [0.5, 0.6) is 0 Å². The zero-order valence-electron chi connectivity index (χ0n) is 16.0. The number of aliphatic imine (C=N–C) groups is 1. The minimum Gasteiger partial charge on any atom is -0.380 e. The summed E-state index contributed by atoms with van der Waals surface area (Å²) in [6.07, 6.45) is 3.25. The van der Waals surface area contributed by atoms with Crippen molar-refractivity contribution in [1.29, 1.82) is 0 Å². The molecule has 1 fully saturated rings. The highest BCUT2D eigenvalue weighted by Gasteiger charge is 2.22. The molecular weight excluding hydrogens is 328 g/mol. The number of carbonyl (C=O) groups is 1. The van der Waals surface area contributed by atoms with Crippen LogP contribution in [-0.2, 0) is 16.0 Å². The van der Waals surface area contributed by atoms with Gasteiger partial charge >= 0.3 is 0 Å². The second-order valence-corrected chi connectivity index (χ2v) is 6.56. The largest absolute Gasteiger partial charge is 0.380 e. The molecule has 0 spiro atoms. The predicted molar refractivity (Wildman–Crippen MR) is 105 cm³/mol. The van der Waals surface area contributed by atoms with Gasteiger partial charge in [-0.3, -0.25) is 9.79 Å². The van der Waals surface area contributed by atoms with Crippen LogP contribution in [0.1, 0.15) is 25.3 Å². The zero-order valence-corrected chi connectivity index (χ0v) is 16.0. The fraction of sp³-hybridized carbons (Fsp3) is 0.600. The Kier molecular flexibility index (Phi) is 8.96. The van der Waals surface area contributed by atoms with E-state index in [9.17, 15) is 4.79 Å². The first-order valence-electron chi connectivity index (χ1n) is 9.57. The van der Waals surface area contributed by atoms with Gasteiger partial charge in [0.05, 0.1) is 13.2 Å².